The van der Waals surface area contributed by atoms with Crippen molar-refractivity contribution in [1.82, 2.24) is 0 Å². The Balaban J connectivity index is 1.85. The molecule has 2 nitrogen and oxygen atoms in total. The first-order valence-corrected chi connectivity index (χ1v) is 8.57. The summed E-state index contributed by atoms with van der Waals surface area (Å²) in [7, 11) is 0. The predicted molar refractivity (Wildman–Crippen MR) is 91.6 cm³/mol. The van der Waals surface area contributed by atoms with Gasteiger partial charge in [-0.1, -0.05) is 42.1 Å². The topological polar surface area (TPSA) is 26.3 Å². The average molecular weight is 335 g/mol. The van der Waals surface area contributed by atoms with Crippen LogP contribution in [0.4, 0.5) is 0 Å². The van der Waals surface area contributed by atoms with Gasteiger partial charge in [-0.05, 0) is 49.6 Å². The average Bonchev–Trinajstić information content (AvgIpc) is 2.55. The zero-order valence-electron chi connectivity index (χ0n) is 12.5. The van der Waals surface area contributed by atoms with Crippen LogP contribution in [0.25, 0.3) is 0 Å². The van der Waals surface area contributed by atoms with Gasteiger partial charge in [-0.3, -0.25) is 4.79 Å². The van der Waals surface area contributed by atoms with Gasteiger partial charge >= 0.3 is 5.97 Å². The molecule has 0 bridgehead atoms. The number of hydrogen-bond donors (Lipinski definition) is 0. The first-order chi connectivity index (χ1) is 10.7. The lowest BCUT2D eigenvalue weighted by Crippen LogP contribution is -2.18. The fourth-order valence-corrected chi connectivity index (χ4v) is 3.00. The monoisotopic (exact) mass is 334 g/mol. The Morgan fingerprint density at radius 1 is 1.09 bits per heavy atom. The van der Waals surface area contributed by atoms with Gasteiger partial charge in [-0.15, -0.1) is 11.6 Å². The Morgan fingerprint density at radius 3 is 2.36 bits per heavy atom. The molecule has 2 rings (SSSR count). The highest BCUT2D eigenvalue weighted by Crippen LogP contribution is 2.27. The van der Waals surface area contributed by atoms with Crippen molar-refractivity contribution in [1.29, 1.82) is 0 Å². The Bertz CT molecular complexity index is 584. The normalized spacial score (nSPS) is 11.9. The maximum absolute atomic E-state index is 11.5. The number of esters is 1. The number of carbonyl (C=O) groups excluding carboxylic acids is 1. The molecule has 0 N–H and O–H groups in total. The summed E-state index contributed by atoms with van der Waals surface area (Å²) in [6, 6.07) is 18.6. The Kier molecular flexibility index (Phi) is 6.81. The summed E-state index contributed by atoms with van der Waals surface area (Å²) in [6.07, 6.45) is 1.36. The number of benzene rings is 2. The molecule has 0 saturated heterocycles. The molecule has 0 radical (unpaired) electrons. The molecule has 0 heterocycles. The third-order valence-corrected chi connectivity index (χ3v) is 4.54. The molecule has 0 aliphatic carbocycles. The van der Waals surface area contributed by atoms with Gasteiger partial charge in [0.05, 0.1) is 6.61 Å². The van der Waals surface area contributed by atoms with Crippen molar-refractivity contribution in [3.63, 3.8) is 0 Å². The minimum atomic E-state index is -0.571. The van der Waals surface area contributed by atoms with E-state index >= 15 is 0 Å². The summed E-state index contributed by atoms with van der Waals surface area (Å²) in [5.74, 6) is -0.333. The van der Waals surface area contributed by atoms with Crippen LogP contribution in [0.2, 0.25) is 0 Å². The highest BCUT2D eigenvalue weighted by molar-refractivity contribution is 7.99. The maximum Gasteiger partial charge on any atom is 0.324 e. The van der Waals surface area contributed by atoms with Crippen molar-refractivity contribution in [2.24, 2.45) is 0 Å². The lowest BCUT2D eigenvalue weighted by Gasteiger charge is -2.09. The summed E-state index contributed by atoms with van der Waals surface area (Å²) < 4.78 is 4.90. The predicted octanol–water partition coefficient (Wildman–Crippen LogP) is 4.94. The molecule has 0 saturated carbocycles. The number of hydrogen-bond acceptors (Lipinski definition) is 3. The number of aryl methyl sites for hydroxylation is 1. The summed E-state index contributed by atoms with van der Waals surface area (Å²) in [6.45, 7) is 2.15. The minimum Gasteiger partial charge on any atom is -0.465 e. The zero-order chi connectivity index (χ0) is 15.8. The molecule has 0 aliphatic rings. The van der Waals surface area contributed by atoms with E-state index < -0.39 is 5.38 Å². The quantitative estimate of drug-likeness (QED) is 0.530. The molecule has 0 fully saturated rings. The van der Waals surface area contributed by atoms with Crippen LogP contribution in [0, 0.1) is 0 Å². The van der Waals surface area contributed by atoms with Crippen molar-refractivity contribution >= 4 is 29.3 Å². The first-order valence-electron chi connectivity index (χ1n) is 7.31. The fourth-order valence-electron chi connectivity index (χ4n) is 1.99. The molecule has 22 heavy (non-hydrogen) atoms. The van der Waals surface area contributed by atoms with Crippen LogP contribution in [0.5, 0.6) is 0 Å². The molecule has 0 spiro atoms. The summed E-state index contributed by atoms with van der Waals surface area (Å²) >= 11 is 7.75. The molecule has 116 valence electrons. The van der Waals surface area contributed by atoms with Gasteiger partial charge in [0.2, 0.25) is 0 Å². The summed E-state index contributed by atoms with van der Waals surface area (Å²) in [5, 5.41) is -0.571. The van der Waals surface area contributed by atoms with Crippen LogP contribution in [-0.2, 0) is 16.0 Å². The van der Waals surface area contributed by atoms with Crippen LogP contribution in [0.1, 0.15) is 18.9 Å². The lowest BCUT2D eigenvalue weighted by molar-refractivity contribution is -0.142. The van der Waals surface area contributed by atoms with Gasteiger partial charge in [-0.2, -0.15) is 0 Å². The van der Waals surface area contributed by atoms with E-state index in [2.05, 4.69) is 36.4 Å². The van der Waals surface area contributed by atoms with E-state index in [1.54, 1.807) is 18.7 Å². The van der Waals surface area contributed by atoms with Crippen molar-refractivity contribution in [2.45, 2.75) is 34.9 Å². The highest BCUT2D eigenvalue weighted by atomic mass is 35.5. The first kappa shape index (κ1) is 16.9. The van der Waals surface area contributed by atoms with E-state index in [1.165, 1.54) is 15.4 Å². The van der Waals surface area contributed by atoms with E-state index in [9.17, 15) is 4.79 Å². The van der Waals surface area contributed by atoms with Crippen LogP contribution >= 0.6 is 23.4 Å². The van der Waals surface area contributed by atoms with Crippen molar-refractivity contribution in [2.75, 3.05) is 6.61 Å². The molecule has 0 amide bonds. The van der Waals surface area contributed by atoms with E-state index in [-0.39, 0.29) is 5.97 Å². The molecule has 2 aromatic rings. The van der Waals surface area contributed by atoms with Crippen LogP contribution < -0.4 is 0 Å². The van der Waals surface area contributed by atoms with Crippen LogP contribution in [0.3, 0.4) is 0 Å². The van der Waals surface area contributed by atoms with E-state index in [0.717, 1.165) is 6.42 Å². The lowest BCUT2D eigenvalue weighted by atomic mass is 10.1. The Labute approximate surface area is 140 Å². The van der Waals surface area contributed by atoms with Gasteiger partial charge in [0, 0.05) is 9.79 Å². The van der Waals surface area contributed by atoms with E-state index in [1.807, 2.05) is 18.2 Å². The van der Waals surface area contributed by atoms with Gasteiger partial charge in [0.15, 0.2) is 0 Å². The fraction of sp³-hybridized carbons (Fsp3) is 0.278. The molecule has 1 atom stereocenters. The van der Waals surface area contributed by atoms with E-state index in [4.69, 9.17) is 16.3 Å². The zero-order valence-corrected chi connectivity index (χ0v) is 14.1. The van der Waals surface area contributed by atoms with E-state index in [0.29, 0.717) is 13.0 Å². The number of carbonyl (C=O) groups is 1. The third-order valence-electron chi connectivity index (χ3n) is 3.13. The molecule has 1 unspecified atom stereocenters. The van der Waals surface area contributed by atoms with Crippen LogP contribution in [0.15, 0.2) is 64.4 Å². The van der Waals surface area contributed by atoms with Crippen molar-refractivity contribution < 1.29 is 9.53 Å². The van der Waals surface area contributed by atoms with Gasteiger partial charge in [0.25, 0.3) is 0 Å². The number of rotatable bonds is 7. The second-order valence-corrected chi connectivity index (χ2v) is 6.49. The molecular weight excluding hydrogens is 316 g/mol. The number of halogens is 1. The smallest absolute Gasteiger partial charge is 0.324 e. The Morgan fingerprint density at radius 2 is 1.73 bits per heavy atom. The van der Waals surface area contributed by atoms with Gasteiger partial charge < -0.3 is 4.74 Å². The largest absolute Gasteiger partial charge is 0.465 e. The second kappa shape index (κ2) is 8.86. The molecule has 0 aliphatic heterocycles. The molecule has 0 aromatic heterocycles. The molecule has 4 heteroatoms. The van der Waals surface area contributed by atoms with Gasteiger partial charge in [-0.25, -0.2) is 0 Å². The highest BCUT2D eigenvalue weighted by Gasteiger charge is 2.15. The maximum atomic E-state index is 11.5. The van der Waals surface area contributed by atoms with Crippen LogP contribution in [-0.4, -0.2) is 18.0 Å². The SMILES string of the molecule is CCOC(=O)C(Cl)CCc1ccc(Sc2ccccc2)cc1. The molecular formula is C18H19ClO2S. The van der Waals surface area contributed by atoms with Crippen molar-refractivity contribution in [3.8, 4) is 0 Å². The molecule has 2 aromatic carbocycles. The summed E-state index contributed by atoms with van der Waals surface area (Å²) in [5.41, 5.74) is 1.17. The Hall–Kier alpha value is -1.45. The second-order valence-electron chi connectivity index (χ2n) is 4.82. The number of ether oxygens (including phenoxy) is 1. The van der Waals surface area contributed by atoms with Gasteiger partial charge in [0.1, 0.15) is 5.38 Å². The minimum absolute atomic E-state index is 0.333. The number of alkyl halides is 1. The summed E-state index contributed by atoms with van der Waals surface area (Å²) in [4.78, 5) is 13.9. The standard InChI is InChI=1S/C18H19ClO2S/c1-2-21-18(20)17(19)13-10-14-8-11-16(12-9-14)22-15-6-4-3-5-7-15/h3-9,11-12,17H,2,10,13H2,1H3. The third kappa shape index (κ3) is 5.39. The van der Waals surface area contributed by atoms with Crippen molar-refractivity contribution in [3.05, 3.63) is 60.2 Å².